The van der Waals surface area contributed by atoms with Gasteiger partial charge >= 0.3 is 0 Å². The molecule has 3 saturated heterocycles. The molecule has 0 radical (unpaired) electrons. The van der Waals surface area contributed by atoms with Gasteiger partial charge in [-0.1, -0.05) is 0 Å². The molecule has 0 saturated carbocycles. The van der Waals surface area contributed by atoms with Crippen LogP contribution < -0.4 is 0 Å². The molecule has 0 aromatic rings. The Bertz CT molecular complexity index is 639. The smallest absolute Gasteiger partial charge is 0.282 e. The van der Waals surface area contributed by atoms with E-state index >= 15 is 0 Å². The summed E-state index contributed by atoms with van der Waals surface area (Å²) in [7, 11) is -3.50. The van der Waals surface area contributed by atoms with Crippen LogP contribution >= 0.6 is 0 Å². The third-order valence-electron chi connectivity index (χ3n) is 5.30. The molecule has 3 rings (SSSR count). The predicted molar refractivity (Wildman–Crippen MR) is 94.4 cm³/mol. The van der Waals surface area contributed by atoms with E-state index in [-0.39, 0.29) is 30.2 Å². The molecule has 3 aliphatic heterocycles. The van der Waals surface area contributed by atoms with Crippen LogP contribution in [0.3, 0.4) is 0 Å². The average Bonchev–Trinajstić information content (AvgIpc) is 3.04. The number of carbonyl (C=O) groups excluding carboxylic acids is 2. The van der Waals surface area contributed by atoms with Gasteiger partial charge in [0.25, 0.3) is 10.2 Å². The van der Waals surface area contributed by atoms with E-state index in [4.69, 9.17) is 4.74 Å². The lowest BCUT2D eigenvalue weighted by atomic mass is 10.1. The first-order chi connectivity index (χ1) is 12.3. The van der Waals surface area contributed by atoms with E-state index in [1.54, 1.807) is 9.80 Å². The van der Waals surface area contributed by atoms with Crippen LogP contribution in [-0.4, -0.2) is 104 Å². The molecule has 0 aliphatic carbocycles. The van der Waals surface area contributed by atoms with Crippen LogP contribution in [0.25, 0.3) is 0 Å². The Hall–Kier alpha value is -1.23. The molecule has 1 unspecified atom stereocenters. The van der Waals surface area contributed by atoms with Gasteiger partial charge in [0.1, 0.15) is 0 Å². The van der Waals surface area contributed by atoms with Crippen molar-refractivity contribution in [3.8, 4) is 0 Å². The van der Waals surface area contributed by atoms with Crippen molar-refractivity contribution < 1.29 is 22.7 Å². The molecule has 148 valence electrons. The Kier molecular flexibility index (Phi) is 5.85. The number of ether oxygens (including phenoxy) is 1. The summed E-state index contributed by atoms with van der Waals surface area (Å²) < 4.78 is 33.5. The molecule has 2 amide bonds. The van der Waals surface area contributed by atoms with Gasteiger partial charge in [-0.05, 0) is 13.8 Å². The molecular weight excluding hydrogens is 360 g/mol. The average molecular weight is 388 g/mol. The minimum atomic E-state index is -3.50. The van der Waals surface area contributed by atoms with E-state index in [0.717, 1.165) is 0 Å². The molecule has 0 N–H and O–H groups in total. The first-order valence-electron chi connectivity index (χ1n) is 9.22. The lowest BCUT2D eigenvalue weighted by Gasteiger charge is -2.38. The second-order valence-electron chi connectivity index (χ2n) is 7.28. The Balaban J connectivity index is 1.55. The van der Waals surface area contributed by atoms with Crippen LogP contribution in [0.5, 0.6) is 0 Å². The van der Waals surface area contributed by atoms with Crippen molar-refractivity contribution >= 4 is 22.0 Å². The van der Waals surface area contributed by atoms with E-state index in [1.165, 1.54) is 8.61 Å². The number of nitrogens with zero attached hydrogens (tertiary/aromatic N) is 4. The van der Waals surface area contributed by atoms with Crippen molar-refractivity contribution in [2.75, 3.05) is 59.0 Å². The van der Waals surface area contributed by atoms with Crippen LogP contribution in [0, 0.1) is 5.92 Å². The molecule has 0 bridgehead atoms. The van der Waals surface area contributed by atoms with Gasteiger partial charge in [-0.2, -0.15) is 17.0 Å². The second-order valence-corrected chi connectivity index (χ2v) is 9.21. The van der Waals surface area contributed by atoms with Gasteiger partial charge in [0.05, 0.1) is 19.1 Å². The molecule has 26 heavy (non-hydrogen) atoms. The third kappa shape index (κ3) is 3.88. The van der Waals surface area contributed by atoms with E-state index in [0.29, 0.717) is 59.0 Å². The predicted octanol–water partition coefficient (Wildman–Crippen LogP) is -1.04. The van der Waals surface area contributed by atoms with Crippen molar-refractivity contribution in [1.29, 1.82) is 0 Å². The van der Waals surface area contributed by atoms with E-state index < -0.39 is 10.2 Å². The van der Waals surface area contributed by atoms with Crippen molar-refractivity contribution in [1.82, 2.24) is 18.4 Å². The summed E-state index contributed by atoms with van der Waals surface area (Å²) in [6, 6.07) is 0.0933. The van der Waals surface area contributed by atoms with Crippen molar-refractivity contribution in [3.63, 3.8) is 0 Å². The van der Waals surface area contributed by atoms with Gasteiger partial charge in [-0.3, -0.25) is 9.59 Å². The minimum Gasteiger partial charge on any atom is -0.379 e. The Morgan fingerprint density at radius 2 is 1.62 bits per heavy atom. The number of carbonyl (C=O) groups is 2. The standard InChI is InChI=1S/C16H28N4O5S/c1-13(2)20-12-14(11-15(20)21)16(22)17-3-5-18(6-4-17)26(23,24)19-7-9-25-10-8-19/h13-14H,3-12H2,1-2H3. The van der Waals surface area contributed by atoms with E-state index in [9.17, 15) is 18.0 Å². The van der Waals surface area contributed by atoms with E-state index in [2.05, 4.69) is 0 Å². The summed E-state index contributed by atoms with van der Waals surface area (Å²) in [5.41, 5.74) is 0. The number of hydrogen-bond donors (Lipinski definition) is 0. The zero-order valence-corrected chi connectivity index (χ0v) is 16.3. The molecule has 3 aliphatic rings. The largest absolute Gasteiger partial charge is 0.379 e. The molecular formula is C16H28N4O5S. The zero-order chi connectivity index (χ0) is 18.9. The highest BCUT2D eigenvalue weighted by atomic mass is 32.2. The number of rotatable bonds is 4. The van der Waals surface area contributed by atoms with Gasteiger partial charge in [0, 0.05) is 58.3 Å². The maximum absolute atomic E-state index is 12.7. The Morgan fingerprint density at radius 3 is 2.15 bits per heavy atom. The minimum absolute atomic E-state index is 0.0203. The SMILES string of the molecule is CC(C)N1CC(C(=O)N2CCN(S(=O)(=O)N3CCOCC3)CC2)CC1=O. The number of likely N-dealkylation sites (tertiary alicyclic amines) is 1. The number of amides is 2. The normalized spacial score (nSPS) is 26.7. The molecule has 3 fully saturated rings. The maximum atomic E-state index is 12.7. The molecule has 1 atom stereocenters. The van der Waals surface area contributed by atoms with Crippen molar-refractivity contribution in [2.45, 2.75) is 26.3 Å². The molecule has 9 nitrogen and oxygen atoms in total. The van der Waals surface area contributed by atoms with Crippen LogP contribution in [0.1, 0.15) is 20.3 Å². The fourth-order valence-electron chi connectivity index (χ4n) is 3.73. The molecule has 0 aromatic carbocycles. The van der Waals surface area contributed by atoms with Crippen LogP contribution in [-0.2, 0) is 24.5 Å². The first-order valence-corrected chi connectivity index (χ1v) is 10.6. The van der Waals surface area contributed by atoms with Gasteiger partial charge in [-0.15, -0.1) is 0 Å². The first kappa shape index (κ1) is 19.5. The summed E-state index contributed by atoms with van der Waals surface area (Å²) in [4.78, 5) is 28.2. The quantitative estimate of drug-likeness (QED) is 0.614. The Labute approximate surface area is 155 Å². The summed E-state index contributed by atoms with van der Waals surface area (Å²) in [5.74, 6) is -0.330. The fraction of sp³-hybridized carbons (Fsp3) is 0.875. The topological polar surface area (TPSA) is 90.5 Å². The van der Waals surface area contributed by atoms with Crippen LogP contribution in [0.2, 0.25) is 0 Å². The number of hydrogen-bond acceptors (Lipinski definition) is 5. The monoisotopic (exact) mass is 388 g/mol. The highest BCUT2D eigenvalue weighted by Crippen LogP contribution is 2.23. The van der Waals surface area contributed by atoms with Crippen molar-refractivity contribution in [3.05, 3.63) is 0 Å². The molecule has 3 heterocycles. The maximum Gasteiger partial charge on any atom is 0.282 e. The summed E-state index contributed by atoms with van der Waals surface area (Å²) in [5, 5.41) is 0. The van der Waals surface area contributed by atoms with E-state index in [1.807, 2.05) is 13.8 Å². The number of piperazine rings is 1. The van der Waals surface area contributed by atoms with Crippen LogP contribution in [0.4, 0.5) is 0 Å². The summed E-state index contributed by atoms with van der Waals surface area (Å²) >= 11 is 0. The highest BCUT2D eigenvalue weighted by Gasteiger charge is 2.40. The molecule has 10 heteroatoms. The Morgan fingerprint density at radius 1 is 1.04 bits per heavy atom. The van der Waals surface area contributed by atoms with Gasteiger partial charge in [0.2, 0.25) is 11.8 Å². The van der Waals surface area contributed by atoms with Crippen molar-refractivity contribution in [2.24, 2.45) is 5.92 Å². The number of morpholine rings is 1. The molecule has 0 spiro atoms. The van der Waals surface area contributed by atoms with Gasteiger partial charge in [0.15, 0.2) is 0 Å². The highest BCUT2D eigenvalue weighted by molar-refractivity contribution is 7.86. The second kappa shape index (κ2) is 7.79. The summed E-state index contributed by atoms with van der Waals surface area (Å²) in [6.45, 7) is 7.25. The lowest BCUT2D eigenvalue weighted by molar-refractivity contribution is -0.137. The lowest BCUT2D eigenvalue weighted by Crippen LogP contribution is -2.56. The fourth-order valence-corrected chi connectivity index (χ4v) is 5.30. The van der Waals surface area contributed by atoms with Gasteiger partial charge in [-0.25, -0.2) is 0 Å². The van der Waals surface area contributed by atoms with Crippen LogP contribution in [0.15, 0.2) is 0 Å². The summed E-state index contributed by atoms with van der Waals surface area (Å²) in [6.07, 6.45) is 0.253. The zero-order valence-electron chi connectivity index (χ0n) is 15.5. The third-order valence-corrected chi connectivity index (χ3v) is 7.34. The molecule has 0 aromatic heterocycles. The van der Waals surface area contributed by atoms with Gasteiger partial charge < -0.3 is 14.5 Å².